The number of nitrogens with zero attached hydrogens (tertiary/aromatic N) is 1. The van der Waals surface area contributed by atoms with Gasteiger partial charge in [0.1, 0.15) is 17.7 Å². The predicted molar refractivity (Wildman–Crippen MR) is 150 cm³/mol. The molecular weight excluding hydrogens is 466 g/mol. The molecule has 2 N–H and O–H groups in total. The Morgan fingerprint density at radius 2 is 1.65 bits per heavy atom. The van der Waals surface area contributed by atoms with Crippen molar-refractivity contribution >= 4 is 17.9 Å². The number of alkyl carbamates (subject to hydrolysis) is 1. The molecule has 0 aliphatic rings. The lowest BCUT2D eigenvalue weighted by Gasteiger charge is -2.38. The van der Waals surface area contributed by atoms with E-state index in [2.05, 4.69) is 17.6 Å². The van der Waals surface area contributed by atoms with Crippen LogP contribution in [0.1, 0.15) is 110 Å². The maximum atomic E-state index is 14.2. The second-order valence-electron chi connectivity index (χ2n) is 11.6. The Balaban J connectivity index is 3.51. The molecule has 0 fully saturated rings. The van der Waals surface area contributed by atoms with Gasteiger partial charge in [-0.05, 0) is 83.4 Å². The molecule has 1 rings (SSSR count). The van der Waals surface area contributed by atoms with Gasteiger partial charge in [0.2, 0.25) is 11.8 Å². The number of unbranched alkanes of at least 4 members (excludes halogenated alkanes) is 2. The van der Waals surface area contributed by atoms with Gasteiger partial charge in [0.05, 0.1) is 0 Å². The van der Waals surface area contributed by atoms with E-state index in [0.29, 0.717) is 19.4 Å². The molecule has 0 aromatic heterocycles. The van der Waals surface area contributed by atoms with E-state index >= 15 is 0 Å². The number of rotatable bonds is 13. The summed E-state index contributed by atoms with van der Waals surface area (Å²) in [6.07, 6.45) is 3.43. The summed E-state index contributed by atoms with van der Waals surface area (Å²) in [7, 11) is 0. The van der Waals surface area contributed by atoms with Crippen molar-refractivity contribution in [2.75, 3.05) is 6.54 Å². The van der Waals surface area contributed by atoms with Gasteiger partial charge < -0.3 is 20.3 Å². The van der Waals surface area contributed by atoms with Gasteiger partial charge >= 0.3 is 6.09 Å². The van der Waals surface area contributed by atoms with Crippen LogP contribution in [0.3, 0.4) is 0 Å². The summed E-state index contributed by atoms with van der Waals surface area (Å²) in [6.45, 7) is 20.0. The molecule has 3 unspecified atom stereocenters. The Labute approximate surface area is 225 Å². The van der Waals surface area contributed by atoms with E-state index in [0.717, 1.165) is 36.0 Å². The summed E-state index contributed by atoms with van der Waals surface area (Å²) in [5, 5.41) is 5.88. The molecule has 7 nitrogen and oxygen atoms in total. The van der Waals surface area contributed by atoms with Crippen molar-refractivity contribution in [2.45, 2.75) is 125 Å². The minimum atomic E-state index is -0.814. The van der Waals surface area contributed by atoms with Crippen LogP contribution in [0.5, 0.6) is 0 Å². The highest BCUT2D eigenvalue weighted by Crippen LogP contribution is 2.28. The van der Waals surface area contributed by atoms with Crippen LogP contribution in [0.25, 0.3) is 0 Å². The van der Waals surface area contributed by atoms with Crippen LogP contribution >= 0.6 is 0 Å². The summed E-state index contributed by atoms with van der Waals surface area (Å²) in [5.41, 5.74) is 2.26. The van der Waals surface area contributed by atoms with E-state index in [1.807, 2.05) is 59.7 Å². The third-order valence-electron chi connectivity index (χ3n) is 6.47. The minimum absolute atomic E-state index is 0.144. The second-order valence-corrected chi connectivity index (χ2v) is 11.6. The van der Waals surface area contributed by atoms with Crippen LogP contribution in [-0.4, -0.2) is 47.0 Å². The van der Waals surface area contributed by atoms with Crippen LogP contribution < -0.4 is 10.6 Å². The lowest BCUT2D eigenvalue weighted by Crippen LogP contribution is -2.55. The van der Waals surface area contributed by atoms with Gasteiger partial charge in [-0.15, -0.1) is 0 Å². The smallest absolute Gasteiger partial charge is 0.408 e. The van der Waals surface area contributed by atoms with E-state index in [9.17, 15) is 14.4 Å². The minimum Gasteiger partial charge on any atom is -0.444 e. The molecule has 0 heterocycles. The van der Waals surface area contributed by atoms with Crippen LogP contribution in [0.2, 0.25) is 0 Å². The van der Waals surface area contributed by atoms with Crippen molar-refractivity contribution in [2.24, 2.45) is 5.92 Å². The van der Waals surface area contributed by atoms with Crippen LogP contribution in [0.4, 0.5) is 4.79 Å². The number of amides is 3. The van der Waals surface area contributed by atoms with Gasteiger partial charge in [-0.3, -0.25) is 9.59 Å². The number of carbonyl (C=O) groups is 3. The standard InChI is InChI=1S/C30H51N3O4/c1-11-13-14-17-31-27(34)26(24-16-15-21(5)22(6)19-24)33(23(7)12-2)28(35)25(18-20(3)4)32-29(36)37-30(8,9)10/h15-16,19-20,23,25-26H,11-14,17-18H2,1-10H3,(H,31,34)(H,32,36). The van der Waals surface area contributed by atoms with Gasteiger partial charge in [0, 0.05) is 12.6 Å². The zero-order valence-electron chi connectivity index (χ0n) is 24.9. The second kappa shape index (κ2) is 15.0. The number of carbonyl (C=O) groups excluding carboxylic acids is 3. The molecule has 0 bridgehead atoms. The number of aryl methyl sites for hydroxylation is 2. The van der Waals surface area contributed by atoms with E-state index < -0.39 is 23.8 Å². The first-order valence-corrected chi connectivity index (χ1v) is 13.9. The normalized spacial score (nSPS) is 14.0. The molecule has 37 heavy (non-hydrogen) atoms. The quantitative estimate of drug-likeness (QED) is 0.304. The lowest BCUT2D eigenvalue weighted by molar-refractivity contribution is -0.145. The molecule has 3 atom stereocenters. The number of hydrogen-bond donors (Lipinski definition) is 2. The summed E-state index contributed by atoms with van der Waals surface area (Å²) >= 11 is 0. The summed E-state index contributed by atoms with van der Waals surface area (Å²) in [5.74, 6) is -0.333. The topological polar surface area (TPSA) is 87.7 Å². The van der Waals surface area contributed by atoms with Crippen LogP contribution in [0, 0.1) is 19.8 Å². The van der Waals surface area contributed by atoms with Gasteiger partial charge in [0.15, 0.2) is 0 Å². The fraction of sp³-hybridized carbons (Fsp3) is 0.700. The van der Waals surface area contributed by atoms with Crippen molar-refractivity contribution in [3.05, 3.63) is 34.9 Å². The average Bonchev–Trinajstić information content (AvgIpc) is 2.79. The average molecular weight is 518 g/mol. The molecule has 7 heteroatoms. The molecule has 0 aliphatic carbocycles. The zero-order chi connectivity index (χ0) is 28.3. The molecule has 0 spiro atoms. The van der Waals surface area contributed by atoms with Crippen LogP contribution in [0.15, 0.2) is 18.2 Å². The van der Waals surface area contributed by atoms with Gasteiger partial charge in [-0.25, -0.2) is 4.79 Å². The van der Waals surface area contributed by atoms with E-state index in [-0.39, 0.29) is 23.8 Å². The largest absolute Gasteiger partial charge is 0.444 e. The number of benzene rings is 1. The molecule has 1 aromatic rings. The predicted octanol–water partition coefficient (Wildman–Crippen LogP) is 6.22. The first kappa shape index (κ1) is 32.5. The zero-order valence-corrected chi connectivity index (χ0v) is 24.9. The van der Waals surface area contributed by atoms with Crippen molar-refractivity contribution in [3.63, 3.8) is 0 Å². The summed E-state index contributed by atoms with van der Waals surface area (Å²) in [4.78, 5) is 42.3. The highest BCUT2D eigenvalue weighted by atomic mass is 16.6. The summed E-state index contributed by atoms with van der Waals surface area (Å²) in [6, 6.07) is 4.07. The Morgan fingerprint density at radius 1 is 1.00 bits per heavy atom. The molecular formula is C30H51N3O4. The maximum absolute atomic E-state index is 14.2. The maximum Gasteiger partial charge on any atom is 0.408 e. The fourth-order valence-electron chi connectivity index (χ4n) is 4.17. The van der Waals surface area contributed by atoms with Crippen molar-refractivity contribution in [1.29, 1.82) is 0 Å². The molecule has 3 amide bonds. The SMILES string of the molecule is CCCCCNC(=O)C(c1ccc(C)c(C)c1)N(C(=O)C(CC(C)C)NC(=O)OC(C)(C)C)C(C)CC. The monoisotopic (exact) mass is 517 g/mol. The Bertz CT molecular complexity index is 891. The molecule has 0 radical (unpaired) electrons. The molecule has 0 aliphatic heterocycles. The number of hydrogen-bond acceptors (Lipinski definition) is 4. The molecule has 0 saturated carbocycles. The Hall–Kier alpha value is -2.57. The Morgan fingerprint density at radius 3 is 2.16 bits per heavy atom. The molecule has 210 valence electrons. The highest BCUT2D eigenvalue weighted by molar-refractivity contribution is 5.92. The fourth-order valence-corrected chi connectivity index (χ4v) is 4.17. The summed E-state index contributed by atoms with van der Waals surface area (Å²) < 4.78 is 5.46. The molecule has 0 saturated heterocycles. The first-order chi connectivity index (χ1) is 17.2. The Kier molecular flexibility index (Phi) is 13.2. The van der Waals surface area contributed by atoms with E-state index in [1.165, 1.54) is 0 Å². The lowest BCUT2D eigenvalue weighted by atomic mass is 9.95. The highest BCUT2D eigenvalue weighted by Gasteiger charge is 2.38. The number of ether oxygens (including phenoxy) is 1. The third kappa shape index (κ3) is 10.7. The number of nitrogens with one attached hydrogen (secondary N) is 2. The van der Waals surface area contributed by atoms with E-state index in [1.54, 1.807) is 25.7 Å². The van der Waals surface area contributed by atoms with Crippen molar-refractivity contribution in [1.82, 2.24) is 15.5 Å². The van der Waals surface area contributed by atoms with Crippen LogP contribution in [-0.2, 0) is 14.3 Å². The van der Waals surface area contributed by atoms with Crippen molar-refractivity contribution < 1.29 is 19.1 Å². The van der Waals surface area contributed by atoms with Gasteiger partial charge in [-0.1, -0.05) is 58.7 Å². The first-order valence-electron chi connectivity index (χ1n) is 13.9. The molecule has 1 aromatic carbocycles. The van der Waals surface area contributed by atoms with Crippen molar-refractivity contribution in [3.8, 4) is 0 Å². The van der Waals surface area contributed by atoms with E-state index in [4.69, 9.17) is 4.74 Å². The van der Waals surface area contributed by atoms with Gasteiger partial charge in [0.25, 0.3) is 0 Å². The third-order valence-corrected chi connectivity index (χ3v) is 6.47. The van der Waals surface area contributed by atoms with Gasteiger partial charge in [-0.2, -0.15) is 0 Å².